The predicted octanol–water partition coefficient (Wildman–Crippen LogP) is 3.59. The second-order valence-electron chi connectivity index (χ2n) is 6.35. The summed E-state index contributed by atoms with van der Waals surface area (Å²) < 4.78 is 16.2. The maximum atomic E-state index is 14.1. The highest BCUT2D eigenvalue weighted by Crippen LogP contribution is 2.26. The van der Waals surface area contributed by atoms with Crippen LogP contribution in [0.25, 0.3) is 11.4 Å². The Morgan fingerprint density at radius 3 is 2.81 bits per heavy atom. The van der Waals surface area contributed by atoms with Crippen LogP contribution in [-0.4, -0.2) is 34.3 Å². The largest absolute Gasteiger partial charge is 0.324 e. The molecule has 2 heterocycles. The molecule has 0 atom stereocenters. The van der Waals surface area contributed by atoms with Crippen molar-refractivity contribution >= 4 is 36.4 Å². The summed E-state index contributed by atoms with van der Waals surface area (Å²) in [6.45, 7) is 1.63. The molecule has 0 saturated heterocycles. The van der Waals surface area contributed by atoms with Crippen molar-refractivity contribution in [3.8, 4) is 11.4 Å². The minimum atomic E-state index is -0.443. The van der Waals surface area contributed by atoms with Crippen LogP contribution in [0.15, 0.2) is 18.2 Å². The molecule has 1 aliphatic heterocycles. The highest BCUT2D eigenvalue weighted by atomic mass is 35.5. The number of nitrogens with one attached hydrogen (secondary N) is 2. The molecule has 1 amide bonds. The van der Waals surface area contributed by atoms with Gasteiger partial charge in [0.1, 0.15) is 11.6 Å². The van der Waals surface area contributed by atoms with E-state index in [1.807, 2.05) is 7.05 Å². The van der Waals surface area contributed by atoms with Gasteiger partial charge in [0.25, 0.3) is 0 Å². The van der Waals surface area contributed by atoms with Gasteiger partial charge in [0.15, 0.2) is 5.82 Å². The van der Waals surface area contributed by atoms with Gasteiger partial charge in [-0.1, -0.05) is 6.42 Å². The highest BCUT2D eigenvalue weighted by molar-refractivity contribution is 5.91. The number of anilines is 1. The summed E-state index contributed by atoms with van der Waals surface area (Å²) in [5, 5.41) is 14.2. The summed E-state index contributed by atoms with van der Waals surface area (Å²) in [7, 11) is 1.84. The number of rotatable bonds is 6. The molecule has 3 rings (SSSR count). The van der Waals surface area contributed by atoms with Gasteiger partial charge in [-0.2, -0.15) is 0 Å². The van der Waals surface area contributed by atoms with Crippen LogP contribution >= 0.6 is 24.8 Å². The van der Waals surface area contributed by atoms with Crippen molar-refractivity contribution in [1.82, 2.24) is 20.1 Å². The van der Waals surface area contributed by atoms with Gasteiger partial charge in [-0.3, -0.25) is 4.79 Å². The maximum absolute atomic E-state index is 14.1. The van der Waals surface area contributed by atoms with Gasteiger partial charge in [-0.25, -0.2) is 4.39 Å². The fourth-order valence-electron chi connectivity index (χ4n) is 3.10. The molecule has 2 N–H and O–H groups in total. The first kappa shape index (κ1) is 23.3. The van der Waals surface area contributed by atoms with Crippen LogP contribution in [0.3, 0.4) is 0 Å². The standard InChI is InChI=1S/C18H24FN5O.2ClH/c1-20-10-5-7-17(25)21-15-12-13(8-9-14(15)19)18-23-22-16-6-3-2-4-11-24(16)18;;/h8-9,12,20H,2-7,10-11H2,1H3,(H,21,25);2*1H. The summed E-state index contributed by atoms with van der Waals surface area (Å²) in [4.78, 5) is 12.0. The Bertz CT molecular complexity index is 753. The molecule has 6 nitrogen and oxygen atoms in total. The Kier molecular flexibility index (Phi) is 9.69. The molecule has 0 spiro atoms. The first-order valence-corrected chi connectivity index (χ1v) is 8.85. The molecule has 150 valence electrons. The van der Waals surface area contributed by atoms with Gasteiger partial charge in [-0.05, 0) is 51.1 Å². The smallest absolute Gasteiger partial charge is 0.224 e. The van der Waals surface area contributed by atoms with E-state index in [-0.39, 0.29) is 36.4 Å². The van der Waals surface area contributed by atoms with Crippen LogP contribution in [0.1, 0.15) is 37.9 Å². The summed E-state index contributed by atoms with van der Waals surface area (Å²) >= 11 is 0. The number of aryl methyl sites for hydroxylation is 1. The number of aromatic nitrogens is 3. The van der Waals surface area contributed by atoms with E-state index >= 15 is 0 Å². The molecule has 0 fully saturated rings. The van der Waals surface area contributed by atoms with Gasteiger partial charge >= 0.3 is 0 Å². The van der Waals surface area contributed by atoms with Crippen LogP contribution in [0, 0.1) is 5.82 Å². The molecule has 2 aromatic rings. The van der Waals surface area contributed by atoms with Crippen molar-refractivity contribution in [3.05, 3.63) is 29.8 Å². The number of hydrogen-bond donors (Lipinski definition) is 2. The number of carbonyl (C=O) groups is 1. The first-order chi connectivity index (χ1) is 12.2. The number of halogens is 3. The number of carbonyl (C=O) groups excluding carboxylic acids is 1. The summed E-state index contributed by atoms with van der Waals surface area (Å²) in [5.41, 5.74) is 0.963. The molecule has 0 radical (unpaired) electrons. The molecule has 1 aliphatic rings. The minimum Gasteiger partial charge on any atom is -0.324 e. The first-order valence-electron chi connectivity index (χ1n) is 8.85. The third-order valence-corrected chi connectivity index (χ3v) is 4.44. The van der Waals surface area contributed by atoms with E-state index in [1.165, 1.54) is 12.5 Å². The fraction of sp³-hybridized carbons (Fsp3) is 0.500. The Labute approximate surface area is 171 Å². The highest BCUT2D eigenvalue weighted by Gasteiger charge is 2.17. The van der Waals surface area contributed by atoms with Gasteiger partial charge in [-0.15, -0.1) is 35.0 Å². The van der Waals surface area contributed by atoms with Crippen molar-refractivity contribution < 1.29 is 9.18 Å². The molecule has 27 heavy (non-hydrogen) atoms. The zero-order chi connectivity index (χ0) is 17.6. The maximum Gasteiger partial charge on any atom is 0.224 e. The van der Waals surface area contributed by atoms with Crippen LogP contribution in [0.5, 0.6) is 0 Å². The molecular weight excluding hydrogens is 392 g/mol. The lowest BCUT2D eigenvalue weighted by Gasteiger charge is -2.10. The number of fused-ring (bicyclic) bond motifs is 1. The normalized spacial score (nSPS) is 13.0. The number of amides is 1. The van der Waals surface area contributed by atoms with E-state index in [1.54, 1.807) is 12.1 Å². The summed E-state index contributed by atoms with van der Waals surface area (Å²) in [6, 6.07) is 4.71. The number of nitrogens with zero attached hydrogens (tertiary/aromatic N) is 3. The molecule has 0 bridgehead atoms. The van der Waals surface area contributed by atoms with Crippen LogP contribution in [0.4, 0.5) is 10.1 Å². The lowest BCUT2D eigenvalue weighted by atomic mass is 10.1. The average molecular weight is 418 g/mol. The zero-order valence-electron chi connectivity index (χ0n) is 15.3. The third-order valence-electron chi connectivity index (χ3n) is 4.44. The van der Waals surface area contributed by atoms with Crippen LogP contribution in [0.2, 0.25) is 0 Å². The molecule has 0 aliphatic carbocycles. The van der Waals surface area contributed by atoms with Crippen LogP contribution < -0.4 is 10.6 Å². The van der Waals surface area contributed by atoms with Gasteiger partial charge in [0, 0.05) is 24.9 Å². The average Bonchev–Trinajstić information content (AvgIpc) is 2.85. The van der Waals surface area contributed by atoms with E-state index in [0.29, 0.717) is 12.8 Å². The predicted molar refractivity (Wildman–Crippen MR) is 109 cm³/mol. The van der Waals surface area contributed by atoms with Crippen molar-refractivity contribution in [2.24, 2.45) is 0 Å². The third kappa shape index (κ3) is 5.89. The van der Waals surface area contributed by atoms with E-state index in [9.17, 15) is 9.18 Å². The monoisotopic (exact) mass is 417 g/mol. The van der Waals surface area contributed by atoms with Gasteiger partial charge in [0.2, 0.25) is 5.91 Å². The van der Waals surface area contributed by atoms with E-state index in [0.717, 1.165) is 49.6 Å². The Balaban J connectivity index is 0.00000182. The lowest BCUT2D eigenvalue weighted by molar-refractivity contribution is -0.116. The van der Waals surface area contributed by atoms with E-state index < -0.39 is 5.82 Å². The quantitative estimate of drug-likeness (QED) is 0.704. The topological polar surface area (TPSA) is 71.8 Å². The van der Waals surface area contributed by atoms with Crippen molar-refractivity contribution in [3.63, 3.8) is 0 Å². The molecule has 1 aromatic carbocycles. The van der Waals surface area contributed by atoms with E-state index in [4.69, 9.17) is 0 Å². The second-order valence-corrected chi connectivity index (χ2v) is 6.35. The summed E-state index contributed by atoms with van der Waals surface area (Å²) in [5.74, 6) is 1.09. The van der Waals surface area contributed by atoms with Crippen molar-refractivity contribution in [1.29, 1.82) is 0 Å². The molecule has 0 saturated carbocycles. The zero-order valence-corrected chi connectivity index (χ0v) is 17.0. The van der Waals surface area contributed by atoms with Gasteiger partial charge < -0.3 is 15.2 Å². The molecule has 1 aromatic heterocycles. The molecule has 9 heteroatoms. The number of benzene rings is 1. The Hall–Kier alpha value is -1.70. The minimum absolute atomic E-state index is 0. The fourth-order valence-corrected chi connectivity index (χ4v) is 3.10. The lowest BCUT2D eigenvalue weighted by Crippen LogP contribution is -2.16. The number of hydrogen-bond acceptors (Lipinski definition) is 4. The van der Waals surface area contributed by atoms with Crippen molar-refractivity contribution in [2.45, 2.75) is 45.1 Å². The van der Waals surface area contributed by atoms with Crippen LogP contribution in [-0.2, 0) is 17.8 Å². The Morgan fingerprint density at radius 1 is 1.22 bits per heavy atom. The van der Waals surface area contributed by atoms with E-state index in [2.05, 4.69) is 25.4 Å². The molecule has 0 unspecified atom stereocenters. The van der Waals surface area contributed by atoms with Crippen molar-refractivity contribution in [2.75, 3.05) is 18.9 Å². The SMILES string of the molecule is CNCCCC(=O)Nc1cc(-c2nnc3n2CCCCC3)ccc1F.Cl.Cl. The second kappa shape index (κ2) is 11.2. The molecular formula is C18H26Cl2FN5O. The van der Waals surface area contributed by atoms with Gasteiger partial charge in [0.05, 0.1) is 5.69 Å². The summed E-state index contributed by atoms with van der Waals surface area (Å²) in [6.07, 6.45) is 5.37. The Morgan fingerprint density at radius 2 is 2.04 bits per heavy atom.